The lowest BCUT2D eigenvalue weighted by molar-refractivity contribution is 0.0817. The van der Waals surface area contributed by atoms with Crippen LogP contribution in [0.3, 0.4) is 0 Å². The Hall–Kier alpha value is -2.58. The van der Waals surface area contributed by atoms with Crippen LogP contribution in [0, 0.1) is 0 Å². The van der Waals surface area contributed by atoms with E-state index in [1.54, 1.807) is 36.4 Å². The molecule has 0 spiro atoms. The van der Waals surface area contributed by atoms with Crippen LogP contribution >= 0.6 is 23.5 Å². The molecule has 22 heavy (non-hydrogen) atoms. The van der Waals surface area contributed by atoms with Crippen LogP contribution < -0.4 is 0 Å². The van der Waals surface area contributed by atoms with Gasteiger partial charge in [-0.25, -0.2) is 0 Å². The van der Waals surface area contributed by atoms with Crippen molar-refractivity contribution in [2.24, 2.45) is 0 Å². The fourth-order valence-electron chi connectivity index (χ4n) is 2.11. The molecule has 8 heteroatoms. The molecule has 0 N–H and O–H groups in total. The van der Waals surface area contributed by atoms with Crippen molar-refractivity contribution < 1.29 is 9.59 Å². The Kier molecular flexibility index (Phi) is 2.98. The van der Waals surface area contributed by atoms with Gasteiger partial charge in [0, 0.05) is 11.1 Å². The van der Waals surface area contributed by atoms with E-state index in [9.17, 15) is 9.59 Å². The van der Waals surface area contributed by atoms with Crippen molar-refractivity contribution in [1.29, 1.82) is 0 Å². The molecule has 0 aliphatic carbocycles. The molecular formula is C14H6N4O2S2. The lowest BCUT2D eigenvalue weighted by Gasteiger charge is -2.00. The predicted octanol–water partition coefficient (Wildman–Crippen LogP) is 2.76. The van der Waals surface area contributed by atoms with E-state index in [1.807, 2.05) is 0 Å². The fourth-order valence-corrected chi connectivity index (χ4v) is 3.14. The van der Waals surface area contributed by atoms with E-state index in [2.05, 4.69) is 17.5 Å². The summed E-state index contributed by atoms with van der Waals surface area (Å²) in [6, 6.07) is 9.73. The highest BCUT2D eigenvalue weighted by Crippen LogP contribution is 2.18. The number of fused-ring (bicyclic) bond motifs is 2. The van der Waals surface area contributed by atoms with Crippen LogP contribution in [-0.2, 0) is 0 Å². The van der Waals surface area contributed by atoms with Crippen molar-refractivity contribution in [3.8, 4) is 0 Å². The fraction of sp³-hybridized carbons (Fsp3) is 0. The lowest BCUT2D eigenvalue weighted by Crippen LogP contribution is -2.14. The van der Waals surface area contributed by atoms with Crippen molar-refractivity contribution in [1.82, 2.24) is 17.5 Å². The number of benzene rings is 2. The van der Waals surface area contributed by atoms with Gasteiger partial charge in [-0.15, -0.1) is 0 Å². The Bertz CT molecular complexity index is 953. The minimum Gasteiger partial charge on any atom is -0.285 e. The van der Waals surface area contributed by atoms with E-state index >= 15 is 0 Å². The first kappa shape index (κ1) is 13.1. The third-order valence-corrected chi connectivity index (χ3v) is 4.35. The molecular weight excluding hydrogens is 320 g/mol. The van der Waals surface area contributed by atoms with Crippen molar-refractivity contribution in [3.05, 3.63) is 47.5 Å². The summed E-state index contributed by atoms with van der Waals surface area (Å²) in [4.78, 5) is 24.7. The van der Waals surface area contributed by atoms with E-state index in [4.69, 9.17) is 0 Å². The Morgan fingerprint density at radius 2 is 1.05 bits per heavy atom. The quantitative estimate of drug-likeness (QED) is 0.425. The van der Waals surface area contributed by atoms with Crippen LogP contribution in [0.15, 0.2) is 36.4 Å². The van der Waals surface area contributed by atoms with Gasteiger partial charge in [0.2, 0.25) is 11.6 Å². The maximum atomic E-state index is 12.4. The molecule has 2 aromatic heterocycles. The molecule has 0 amide bonds. The summed E-state index contributed by atoms with van der Waals surface area (Å²) in [5, 5.41) is 0. The summed E-state index contributed by atoms with van der Waals surface area (Å²) in [6.07, 6.45) is 0. The van der Waals surface area contributed by atoms with E-state index in [0.717, 1.165) is 23.5 Å². The SMILES string of the molecule is O=C(C(=O)c1ccc2nsnc2c1)c1ccc2nsnc2c1. The van der Waals surface area contributed by atoms with Crippen LogP contribution in [0.2, 0.25) is 0 Å². The smallest absolute Gasteiger partial charge is 0.233 e. The Morgan fingerprint density at radius 3 is 1.50 bits per heavy atom. The van der Waals surface area contributed by atoms with Crippen molar-refractivity contribution in [3.63, 3.8) is 0 Å². The second kappa shape index (κ2) is 5.00. The van der Waals surface area contributed by atoms with E-state index in [-0.39, 0.29) is 0 Å². The van der Waals surface area contributed by atoms with Crippen LogP contribution in [-0.4, -0.2) is 29.1 Å². The normalized spacial score (nSPS) is 11.1. The standard InChI is InChI=1S/C14H6N4O2S2/c19-13(7-1-3-9-11(5-7)17-21-15-9)14(20)8-2-4-10-12(6-8)18-22-16-10/h1-6H. The Balaban J connectivity index is 1.72. The second-order valence-electron chi connectivity index (χ2n) is 4.59. The number of aromatic nitrogens is 4. The molecule has 0 fully saturated rings. The zero-order valence-corrected chi connectivity index (χ0v) is 12.5. The molecule has 0 saturated carbocycles. The molecule has 0 aliphatic heterocycles. The first-order valence-corrected chi connectivity index (χ1v) is 7.72. The summed E-state index contributed by atoms with van der Waals surface area (Å²) in [6.45, 7) is 0. The largest absolute Gasteiger partial charge is 0.285 e. The number of Topliss-reactive ketones (excluding diaryl/α,β-unsaturated/α-hetero) is 2. The highest BCUT2D eigenvalue weighted by atomic mass is 32.1. The Morgan fingerprint density at radius 1 is 0.636 bits per heavy atom. The van der Waals surface area contributed by atoms with Crippen LogP contribution in [0.25, 0.3) is 22.1 Å². The molecule has 0 unspecified atom stereocenters. The summed E-state index contributed by atoms with van der Waals surface area (Å²) < 4.78 is 16.3. The average molecular weight is 326 g/mol. The van der Waals surface area contributed by atoms with Gasteiger partial charge in [0.15, 0.2) is 0 Å². The minimum atomic E-state index is -0.572. The molecule has 0 aliphatic rings. The molecule has 106 valence electrons. The summed E-state index contributed by atoms with van der Waals surface area (Å²) in [7, 11) is 0. The van der Waals surface area contributed by atoms with Gasteiger partial charge in [0.25, 0.3) is 0 Å². The van der Waals surface area contributed by atoms with Crippen molar-refractivity contribution >= 4 is 57.1 Å². The number of carbonyl (C=O) groups is 2. The van der Waals surface area contributed by atoms with Gasteiger partial charge < -0.3 is 0 Å². The number of rotatable bonds is 3. The monoisotopic (exact) mass is 326 g/mol. The maximum Gasteiger partial charge on any atom is 0.233 e. The molecule has 6 nitrogen and oxygen atoms in total. The Labute approximate surface area is 132 Å². The number of hydrogen-bond donors (Lipinski definition) is 0. The zero-order chi connectivity index (χ0) is 15.1. The third kappa shape index (κ3) is 2.09. The number of hydrogen-bond acceptors (Lipinski definition) is 8. The minimum absolute atomic E-state index is 0.307. The van der Waals surface area contributed by atoms with Gasteiger partial charge in [-0.2, -0.15) is 17.5 Å². The van der Waals surface area contributed by atoms with Crippen LogP contribution in [0.1, 0.15) is 20.7 Å². The molecule has 4 rings (SSSR count). The second-order valence-corrected chi connectivity index (χ2v) is 5.65. The van der Waals surface area contributed by atoms with Gasteiger partial charge in [0.1, 0.15) is 22.1 Å². The van der Waals surface area contributed by atoms with Gasteiger partial charge in [-0.1, -0.05) is 0 Å². The summed E-state index contributed by atoms with van der Waals surface area (Å²) in [5.74, 6) is -1.14. The molecule has 4 aromatic rings. The van der Waals surface area contributed by atoms with Gasteiger partial charge in [-0.05, 0) is 36.4 Å². The molecule has 0 atom stereocenters. The third-order valence-electron chi connectivity index (χ3n) is 3.24. The van der Waals surface area contributed by atoms with E-state index in [1.165, 1.54) is 0 Å². The molecule has 0 radical (unpaired) electrons. The zero-order valence-electron chi connectivity index (χ0n) is 10.9. The van der Waals surface area contributed by atoms with Gasteiger partial charge in [-0.3, -0.25) is 9.59 Å². The number of nitrogens with zero attached hydrogens (tertiary/aromatic N) is 4. The molecule has 2 aromatic carbocycles. The highest BCUT2D eigenvalue weighted by Gasteiger charge is 2.20. The van der Waals surface area contributed by atoms with Gasteiger partial charge in [0.05, 0.1) is 23.5 Å². The first-order valence-electron chi connectivity index (χ1n) is 6.26. The summed E-state index contributed by atoms with van der Waals surface area (Å²) >= 11 is 2.14. The topological polar surface area (TPSA) is 85.7 Å². The number of carbonyl (C=O) groups excluding carboxylic acids is 2. The van der Waals surface area contributed by atoms with Crippen molar-refractivity contribution in [2.45, 2.75) is 0 Å². The van der Waals surface area contributed by atoms with E-state index < -0.39 is 11.6 Å². The van der Waals surface area contributed by atoms with Crippen molar-refractivity contribution in [2.75, 3.05) is 0 Å². The molecule has 0 bridgehead atoms. The van der Waals surface area contributed by atoms with Crippen LogP contribution in [0.5, 0.6) is 0 Å². The van der Waals surface area contributed by atoms with Gasteiger partial charge >= 0.3 is 0 Å². The lowest BCUT2D eigenvalue weighted by atomic mass is 10.0. The average Bonchev–Trinajstić information content (AvgIpc) is 3.20. The van der Waals surface area contributed by atoms with E-state index in [0.29, 0.717) is 33.2 Å². The highest BCUT2D eigenvalue weighted by molar-refractivity contribution is 7.00. The maximum absolute atomic E-state index is 12.4. The first-order chi connectivity index (χ1) is 10.7. The predicted molar refractivity (Wildman–Crippen MR) is 83.5 cm³/mol. The summed E-state index contributed by atoms with van der Waals surface area (Å²) in [5.41, 5.74) is 3.27. The molecule has 0 saturated heterocycles. The molecule has 2 heterocycles. The number of ketones is 2. The van der Waals surface area contributed by atoms with Crippen LogP contribution in [0.4, 0.5) is 0 Å².